The number of rotatable bonds is 2. The highest BCUT2D eigenvalue weighted by Gasteiger charge is 2.51. The van der Waals surface area contributed by atoms with Crippen LogP contribution in [-0.2, 0) is 4.84 Å². The van der Waals surface area contributed by atoms with E-state index in [1.165, 1.54) is 0 Å². The monoisotopic (exact) mass is 393 g/mol. The molecule has 0 bridgehead atoms. The van der Waals surface area contributed by atoms with Crippen molar-refractivity contribution in [1.82, 2.24) is 0 Å². The van der Waals surface area contributed by atoms with Gasteiger partial charge in [-0.1, -0.05) is 71.4 Å². The first-order valence-electron chi connectivity index (χ1n) is 9.87. The highest BCUT2D eigenvalue weighted by atomic mass is 16.6. The molecule has 0 aliphatic carbocycles. The Balaban J connectivity index is 1.64. The van der Waals surface area contributed by atoms with Gasteiger partial charge in [-0.05, 0) is 30.7 Å². The quantitative estimate of drug-likeness (QED) is 0.637. The third kappa shape index (κ3) is 2.77. The zero-order valence-corrected chi connectivity index (χ0v) is 16.4. The van der Waals surface area contributed by atoms with Crippen LogP contribution in [0, 0.1) is 24.2 Å². The average Bonchev–Trinajstić information content (AvgIpc) is 3.24. The van der Waals surface area contributed by atoms with Gasteiger partial charge in [-0.2, -0.15) is 5.26 Å². The normalized spacial score (nSPS) is 21.7. The molecule has 0 fully saturated rings. The Kier molecular flexibility index (Phi) is 4.33. The van der Waals surface area contributed by atoms with E-state index in [0.717, 1.165) is 16.7 Å². The summed E-state index contributed by atoms with van der Waals surface area (Å²) in [6.07, 6.45) is -0.401. The summed E-state index contributed by atoms with van der Waals surface area (Å²) in [6, 6.07) is 26.3. The molecule has 5 nitrogen and oxygen atoms in total. The molecular weight excluding hydrogens is 374 g/mol. The number of anilines is 1. The van der Waals surface area contributed by atoms with Crippen LogP contribution in [0.1, 0.15) is 33.2 Å². The van der Waals surface area contributed by atoms with Gasteiger partial charge in [-0.3, -0.25) is 9.69 Å². The molecule has 1 unspecified atom stereocenters. The second-order valence-corrected chi connectivity index (χ2v) is 7.57. The van der Waals surface area contributed by atoms with Gasteiger partial charge in [-0.25, -0.2) is 0 Å². The molecule has 2 aliphatic rings. The van der Waals surface area contributed by atoms with Gasteiger partial charge in [0.15, 0.2) is 6.10 Å². The van der Waals surface area contributed by atoms with E-state index in [4.69, 9.17) is 4.84 Å². The lowest BCUT2D eigenvalue weighted by Gasteiger charge is -2.39. The van der Waals surface area contributed by atoms with E-state index < -0.39 is 12.1 Å². The Morgan fingerprint density at radius 3 is 2.43 bits per heavy atom. The number of hydrogen-bond acceptors (Lipinski definition) is 4. The van der Waals surface area contributed by atoms with Gasteiger partial charge in [0.25, 0.3) is 5.91 Å². The van der Waals surface area contributed by atoms with Crippen LogP contribution in [0.5, 0.6) is 0 Å². The summed E-state index contributed by atoms with van der Waals surface area (Å²) in [6.45, 7) is 2.02. The fourth-order valence-electron chi connectivity index (χ4n) is 4.27. The Bertz CT molecular complexity index is 1180. The molecule has 146 valence electrons. The number of aryl methyl sites for hydroxylation is 1. The van der Waals surface area contributed by atoms with E-state index in [9.17, 15) is 10.1 Å². The molecule has 2 aliphatic heterocycles. The lowest BCUT2D eigenvalue weighted by Crippen LogP contribution is -2.51. The SMILES string of the molecule is Cc1ccc(C2=NO[C@H]3c4ccccc4N(C(=O)c4ccccc4)C(C#N)[C@@H]23)cc1. The number of benzene rings is 3. The molecule has 1 amide bonds. The number of para-hydroxylation sites is 1. The molecule has 0 aromatic heterocycles. The first kappa shape index (κ1) is 18.1. The lowest BCUT2D eigenvalue weighted by atomic mass is 9.78. The summed E-state index contributed by atoms with van der Waals surface area (Å²) >= 11 is 0. The van der Waals surface area contributed by atoms with Crippen LogP contribution >= 0.6 is 0 Å². The molecular formula is C25H19N3O2. The zero-order valence-electron chi connectivity index (χ0n) is 16.4. The molecule has 2 heterocycles. The molecule has 3 aromatic carbocycles. The van der Waals surface area contributed by atoms with Crippen LogP contribution < -0.4 is 4.90 Å². The average molecular weight is 393 g/mol. The largest absolute Gasteiger partial charge is 0.386 e. The van der Waals surface area contributed by atoms with Gasteiger partial charge in [0, 0.05) is 11.1 Å². The molecule has 3 atom stereocenters. The summed E-state index contributed by atoms with van der Waals surface area (Å²) in [4.78, 5) is 20.9. The second-order valence-electron chi connectivity index (χ2n) is 7.57. The van der Waals surface area contributed by atoms with E-state index in [1.54, 1.807) is 17.0 Å². The Labute approximate surface area is 174 Å². The minimum Gasteiger partial charge on any atom is -0.386 e. The topological polar surface area (TPSA) is 65.7 Å². The van der Waals surface area contributed by atoms with Crippen molar-refractivity contribution in [3.63, 3.8) is 0 Å². The van der Waals surface area contributed by atoms with Crippen LogP contribution in [0.2, 0.25) is 0 Å². The van der Waals surface area contributed by atoms with Crippen molar-refractivity contribution >= 4 is 17.3 Å². The zero-order chi connectivity index (χ0) is 20.7. The van der Waals surface area contributed by atoms with Gasteiger partial charge in [-0.15, -0.1) is 0 Å². The number of carbonyl (C=O) groups excluding carboxylic acids is 1. The summed E-state index contributed by atoms with van der Waals surface area (Å²) in [5.74, 6) is -0.580. The Morgan fingerprint density at radius 2 is 1.70 bits per heavy atom. The molecule has 0 N–H and O–H groups in total. The Morgan fingerprint density at radius 1 is 1.00 bits per heavy atom. The minimum atomic E-state index is -0.736. The van der Waals surface area contributed by atoms with Crippen molar-refractivity contribution < 1.29 is 9.63 Å². The molecule has 0 saturated carbocycles. The van der Waals surface area contributed by atoms with Crippen LogP contribution in [0.3, 0.4) is 0 Å². The van der Waals surface area contributed by atoms with Crippen LogP contribution in [0.15, 0.2) is 84.0 Å². The van der Waals surface area contributed by atoms with Crippen molar-refractivity contribution in [1.29, 1.82) is 5.26 Å². The van der Waals surface area contributed by atoms with Crippen molar-refractivity contribution in [2.45, 2.75) is 19.1 Å². The summed E-state index contributed by atoms with van der Waals surface area (Å²) in [7, 11) is 0. The number of carbonyl (C=O) groups is 1. The van der Waals surface area contributed by atoms with Crippen LogP contribution in [0.4, 0.5) is 5.69 Å². The standard InChI is InChI=1S/C25H19N3O2/c1-16-11-13-17(14-12-16)23-22-21(15-26)28(25(29)18-7-3-2-4-8-18)20-10-6-5-9-19(20)24(22)30-27-23/h2-14,21-22,24H,1H3/t21?,22-,24-/m0/s1. The summed E-state index contributed by atoms with van der Waals surface area (Å²) in [5.41, 5.74) is 4.84. The van der Waals surface area contributed by atoms with E-state index in [2.05, 4.69) is 11.2 Å². The molecule has 30 heavy (non-hydrogen) atoms. The minimum absolute atomic E-state index is 0.205. The van der Waals surface area contributed by atoms with Gasteiger partial charge >= 0.3 is 0 Å². The fraction of sp³-hybridized carbons (Fsp3) is 0.160. The van der Waals surface area contributed by atoms with Gasteiger partial charge < -0.3 is 4.84 Å². The predicted octanol–water partition coefficient (Wildman–Crippen LogP) is 4.64. The van der Waals surface area contributed by atoms with Crippen molar-refractivity contribution in [2.75, 3.05) is 4.90 Å². The summed E-state index contributed by atoms with van der Waals surface area (Å²) in [5, 5.41) is 14.6. The number of hydrogen-bond donors (Lipinski definition) is 0. The third-order valence-electron chi connectivity index (χ3n) is 5.75. The maximum absolute atomic E-state index is 13.5. The van der Waals surface area contributed by atoms with E-state index in [0.29, 0.717) is 17.0 Å². The van der Waals surface area contributed by atoms with Crippen LogP contribution in [-0.4, -0.2) is 17.7 Å². The predicted molar refractivity (Wildman–Crippen MR) is 114 cm³/mol. The maximum atomic E-state index is 13.5. The van der Waals surface area contributed by atoms with Gasteiger partial charge in [0.2, 0.25) is 0 Å². The molecule has 0 saturated heterocycles. The fourth-order valence-corrected chi connectivity index (χ4v) is 4.27. The number of nitrogens with zero attached hydrogens (tertiary/aromatic N) is 3. The van der Waals surface area contributed by atoms with Crippen LogP contribution in [0.25, 0.3) is 0 Å². The van der Waals surface area contributed by atoms with E-state index >= 15 is 0 Å². The second kappa shape index (κ2) is 7.16. The maximum Gasteiger partial charge on any atom is 0.259 e. The van der Waals surface area contributed by atoms with Gasteiger partial charge in [0.1, 0.15) is 6.04 Å². The number of amides is 1. The highest BCUT2D eigenvalue weighted by Crippen LogP contribution is 2.47. The highest BCUT2D eigenvalue weighted by molar-refractivity contribution is 6.11. The molecule has 5 heteroatoms. The smallest absolute Gasteiger partial charge is 0.259 e. The van der Waals surface area contributed by atoms with E-state index in [1.807, 2.05) is 73.7 Å². The Hall–Kier alpha value is -3.91. The molecule has 0 radical (unpaired) electrons. The third-order valence-corrected chi connectivity index (χ3v) is 5.75. The molecule has 5 rings (SSSR count). The number of fused-ring (bicyclic) bond motifs is 3. The van der Waals surface area contributed by atoms with Crippen molar-refractivity contribution in [3.05, 3.63) is 101 Å². The number of nitriles is 1. The lowest BCUT2D eigenvalue weighted by molar-refractivity contribution is 0.0533. The first-order valence-corrected chi connectivity index (χ1v) is 9.87. The summed E-state index contributed by atoms with van der Waals surface area (Å²) < 4.78 is 0. The molecule has 0 spiro atoms. The van der Waals surface area contributed by atoms with Crippen molar-refractivity contribution in [2.24, 2.45) is 11.1 Å². The van der Waals surface area contributed by atoms with E-state index in [-0.39, 0.29) is 11.8 Å². The van der Waals surface area contributed by atoms with Crippen molar-refractivity contribution in [3.8, 4) is 6.07 Å². The van der Waals surface area contributed by atoms with Gasteiger partial charge in [0.05, 0.1) is 23.4 Å². The first-order chi connectivity index (χ1) is 14.7. The molecule has 3 aromatic rings. The number of oxime groups is 1.